The van der Waals surface area contributed by atoms with E-state index in [4.69, 9.17) is 21.3 Å². The average molecular weight is 442 g/mol. The molecule has 0 bridgehead atoms. The van der Waals surface area contributed by atoms with Crippen LogP contribution in [-0.4, -0.2) is 34.1 Å². The molecule has 1 heterocycles. The average Bonchev–Trinajstić information content (AvgIpc) is 3.11. The van der Waals surface area contributed by atoms with Crippen molar-refractivity contribution in [2.75, 3.05) is 19.6 Å². The second-order valence-corrected chi connectivity index (χ2v) is 8.75. The zero-order valence-electron chi connectivity index (χ0n) is 19.2. The summed E-state index contributed by atoms with van der Waals surface area (Å²) in [7, 11) is 0. The second-order valence-electron chi connectivity index (χ2n) is 8.32. The molecular formula is C26H36ClN3O. The first-order valence-corrected chi connectivity index (χ1v) is 12.0. The maximum atomic E-state index is 6.22. The molecular weight excluding hydrogens is 406 g/mol. The van der Waals surface area contributed by atoms with Gasteiger partial charge in [-0.3, -0.25) is 0 Å². The normalized spacial score (nSPS) is 11.5. The van der Waals surface area contributed by atoms with Gasteiger partial charge in [-0.25, -0.2) is 4.98 Å². The highest BCUT2D eigenvalue weighted by molar-refractivity contribution is 6.31. The predicted molar refractivity (Wildman–Crippen MR) is 131 cm³/mol. The van der Waals surface area contributed by atoms with E-state index < -0.39 is 0 Å². The van der Waals surface area contributed by atoms with Crippen molar-refractivity contribution < 1.29 is 4.74 Å². The van der Waals surface area contributed by atoms with E-state index in [1.165, 1.54) is 44.3 Å². The molecule has 1 aromatic heterocycles. The van der Waals surface area contributed by atoms with Crippen LogP contribution in [0.3, 0.4) is 0 Å². The van der Waals surface area contributed by atoms with Crippen molar-refractivity contribution in [1.82, 2.24) is 14.5 Å². The molecule has 0 aliphatic heterocycles. The highest BCUT2D eigenvalue weighted by Crippen LogP contribution is 2.22. The number of aromatic nitrogens is 2. The van der Waals surface area contributed by atoms with Gasteiger partial charge in [-0.05, 0) is 76.2 Å². The van der Waals surface area contributed by atoms with Gasteiger partial charge < -0.3 is 14.2 Å². The quantitative estimate of drug-likeness (QED) is 0.290. The lowest BCUT2D eigenvalue weighted by molar-refractivity contribution is 0.254. The minimum absolute atomic E-state index is 0.449. The van der Waals surface area contributed by atoms with Crippen LogP contribution in [0, 0.1) is 6.92 Å². The number of aryl methyl sites for hydroxylation is 2. The summed E-state index contributed by atoms with van der Waals surface area (Å²) in [6.07, 6.45) is 6.13. The summed E-state index contributed by atoms with van der Waals surface area (Å²) in [5.41, 5.74) is 3.29. The van der Waals surface area contributed by atoms with E-state index in [2.05, 4.69) is 48.4 Å². The number of benzene rings is 2. The zero-order valence-corrected chi connectivity index (χ0v) is 20.0. The third-order valence-electron chi connectivity index (χ3n) is 5.69. The minimum atomic E-state index is 0.449. The van der Waals surface area contributed by atoms with Crippen LogP contribution < -0.4 is 4.74 Å². The Labute approximate surface area is 192 Å². The number of ether oxygens (including phenoxy) is 1. The molecule has 0 atom stereocenters. The first-order chi connectivity index (χ1) is 15.1. The Morgan fingerprint density at radius 3 is 2.29 bits per heavy atom. The van der Waals surface area contributed by atoms with Crippen LogP contribution in [0.5, 0.6) is 5.75 Å². The standard InChI is InChI=1S/C26H36ClN3O/c1-4-6-15-29(16-7-5-2)17-8-18-30-25-14-11-22(27)19-24(25)28-26(30)20-31-23-12-9-21(3)10-13-23/h9-14,19H,4-8,15-18,20H2,1-3H3. The van der Waals surface area contributed by atoms with E-state index in [1.54, 1.807) is 0 Å². The lowest BCUT2D eigenvalue weighted by Crippen LogP contribution is -2.28. The molecule has 0 aliphatic carbocycles. The molecule has 5 heteroatoms. The second kappa shape index (κ2) is 12.1. The lowest BCUT2D eigenvalue weighted by Gasteiger charge is -2.22. The minimum Gasteiger partial charge on any atom is -0.486 e. The molecule has 0 unspecified atom stereocenters. The summed E-state index contributed by atoms with van der Waals surface area (Å²) in [4.78, 5) is 7.46. The van der Waals surface area contributed by atoms with Crippen LogP contribution in [0.2, 0.25) is 5.02 Å². The summed E-state index contributed by atoms with van der Waals surface area (Å²) in [5, 5.41) is 0.716. The Kier molecular flexibility index (Phi) is 9.23. The third kappa shape index (κ3) is 6.98. The van der Waals surface area contributed by atoms with Gasteiger partial charge in [0.25, 0.3) is 0 Å². The molecule has 2 aromatic carbocycles. The highest BCUT2D eigenvalue weighted by atomic mass is 35.5. The molecule has 0 amide bonds. The fraction of sp³-hybridized carbons (Fsp3) is 0.500. The van der Waals surface area contributed by atoms with Crippen molar-refractivity contribution in [3.05, 3.63) is 58.9 Å². The van der Waals surface area contributed by atoms with Crippen molar-refractivity contribution >= 4 is 22.6 Å². The van der Waals surface area contributed by atoms with E-state index >= 15 is 0 Å². The van der Waals surface area contributed by atoms with Gasteiger partial charge in [-0.2, -0.15) is 0 Å². The molecule has 3 rings (SSSR count). The fourth-order valence-electron chi connectivity index (χ4n) is 3.85. The number of halogens is 1. The molecule has 0 fully saturated rings. The SMILES string of the molecule is CCCCN(CCCC)CCCn1c(COc2ccc(C)cc2)nc2cc(Cl)ccc21. The van der Waals surface area contributed by atoms with Gasteiger partial charge in [-0.15, -0.1) is 0 Å². The molecule has 4 nitrogen and oxygen atoms in total. The molecule has 0 spiro atoms. The fourth-order valence-corrected chi connectivity index (χ4v) is 4.01. The van der Waals surface area contributed by atoms with Gasteiger partial charge in [0.2, 0.25) is 0 Å². The summed E-state index contributed by atoms with van der Waals surface area (Å²) in [5.74, 6) is 1.82. The van der Waals surface area contributed by atoms with E-state index in [9.17, 15) is 0 Å². The van der Waals surface area contributed by atoms with Crippen molar-refractivity contribution in [3.8, 4) is 5.75 Å². The maximum absolute atomic E-state index is 6.22. The number of nitrogens with zero attached hydrogens (tertiary/aromatic N) is 3. The topological polar surface area (TPSA) is 30.3 Å². The van der Waals surface area contributed by atoms with Crippen molar-refractivity contribution in [2.24, 2.45) is 0 Å². The Hall–Kier alpha value is -2.04. The first-order valence-electron chi connectivity index (χ1n) is 11.7. The largest absolute Gasteiger partial charge is 0.486 e. The van der Waals surface area contributed by atoms with Crippen LogP contribution in [0.1, 0.15) is 57.3 Å². The van der Waals surface area contributed by atoms with Crippen molar-refractivity contribution in [1.29, 1.82) is 0 Å². The summed E-state index contributed by atoms with van der Waals surface area (Å²) in [6, 6.07) is 14.1. The summed E-state index contributed by atoms with van der Waals surface area (Å²) in [6.45, 7) is 11.5. The van der Waals surface area contributed by atoms with E-state index in [0.717, 1.165) is 42.1 Å². The lowest BCUT2D eigenvalue weighted by atomic mass is 10.2. The smallest absolute Gasteiger partial charge is 0.147 e. The molecule has 0 aliphatic rings. The van der Waals surface area contributed by atoms with Crippen LogP contribution >= 0.6 is 11.6 Å². The van der Waals surface area contributed by atoms with Gasteiger partial charge in [0.15, 0.2) is 0 Å². The Morgan fingerprint density at radius 1 is 0.935 bits per heavy atom. The monoisotopic (exact) mass is 441 g/mol. The maximum Gasteiger partial charge on any atom is 0.147 e. The molecule has 31 heavy (non-hydrogen) atoms. The van der Waals surface area contributed by atoms with Gasteiger partial charge in [0.1, 0.15) is 18.2 Å². The molecule has 3 aromatic rings. The molecule has 0 radical (unpaired) electrons. The van der Waals surface area contributed by atoms with Crippen molar-refractivity contribution in [3.63, 3.8) is 0 Å². The number of hydrogen-bond acceptors (Lipinski definition) is 3. The van der Waals surface area contributed by atoms with Gasteiger partial charge in [0, 0.05) is 11.6 Å². The summed E-state index contributed by atoms with van der Waals surface area (Å²) >= 11 is 6.22. The van der Waals surface area contributed by atoms with Crippen LogP contribution in [0.4, 0.5) is 0 Å². The van der Waals surface area contributed by atoms with E-state index in [-0.39, 0.29) is 0 Å². The number of imidazole rings is 1. The molecule has 168 valence electrons. The number of unbranched alkanes of at least 4 members (excludes halogenated alkanes) is 2. The first kappa shape index (κ1) is 23.6. The Bertz CT molecular complexity index is 928. The van der Waals surface area contributed by atoms with Crippen molar-refractivity contribution in [2.45, 2.75) is 66.0 Å². The molecule has 0 N–H and O–H groups in total. The van der Waals surface area contributed by atoms with E-state index in [1.807, 2.05) is 24.3 Å². The van der Waals surface area contributed by atoms with Crippen LogP contribution in [0.15, 0.2) is 42.5 Å². The third-order valence-corrected chi connectivity index (χ3v) is 5.93. The van der Waals surface area contributed by atoms with Gasteiger partial charge >= 0.3 is 0 Å². The molecule has 0 saturated carbocycles. The van der Waals surface area contributed by atoms with E-state index in [0.29, 0.717) is 11.6 Å². The predicted octanol–water partition coefficient (Wildman–Crippen LogP) is 6.87. The number of hydrogen-bond donors (Lipinski definition) is 0. The Morgan fingerprint density at radius 2 is 1.61 bits per heavy atom. The van der Waals surface area contributed by atoms with Gasteiger partial charge in [0.05, 0.1) is 11.0 Å². The number of fused-ring (bicyclic) bond motifs is 1. The summed E-state index contributed by atoms with van der Waals surface area (Å²) < 4.78 is 8.36. The van der Waals surface area contributed by atoms with Gasteiger partial charge in [-0.1, -0.05) is 56.0 Å². The van der Waals surface area contributed by atoms with Crippen LogP contribution in [-0.2, 0) is 13.2 Å². The highest BCUT2D eigenvalue weighted by Gasteiger charge is 2.13. The molecule has 0 saturated heterocycles. The van der Waals surface area contributed by atoms with Crippen LogP contribution in [0.25, 0.3) is 11.0 Å². The zero-order chi connectivity index (χ0) is 22.1. The Balaban J connectivity index is 1.70. The number of rotatable bonds is 13.